The summed E-state index contributed by atoms with van der Waals surface area (Å²) < 4.78 is 21.4. The standard InChI is InChI=1S/C27H32ClFN2O5/c1-17(2)15-30(23(14-27(34)35)20-5-6-21(28)22(29)13-20)16-19-4-7-24(18(3)12-19)36-11-10-31-25(32)8-9-26(31)33/h4-9,12-13,17,23,32-33H,10-11,14-16H2,1-3H3,(H,34,35)/t23-/m1/s1. The van der Waals surface area contributed by atoms with Gasteiger partial charge in [0.05, 0.1) is 18.0 Å². The van der Waals surface area contributed by atoms with E-state index >= 15 is 0 Å². The minimum atomic E-state index is -0.969. The van der Waals surface area contributed by atoms with E-state index < -0.39 is 17.8 Å². The summed E-state index contributed by atoms with van der Waals surface area (Å²) in [5.41, 5.74) is 2.42. The lowest BCUT2D eigenvalue weighted by Gasteiger charge is -2.33. The zero-order valence-electron chi connectivity index (χ0n) is 20.6. The van der Waals surface area contributed by atoms with Crippen LogP contribution in [0.1, 0.15) is 43.0 Å². The number of aryl methyl sites for hydroxylation is 1. The van der Waals surface area contributed by atoms with E-state index in [-0.39, 0.29) is 42.3 Å². The van der Waals surface area contributed by atoms with Crippen LogP contribution in [0.3, 0.4) is 0 Å². The lowest BCUT2D eigenvalue weighted by atomic mass is 9.99. The van der Waals surface area contributed by atoms with Crippen molar-refractivity contribution < 1.29 is 29.2 Å². The molecule has 0 unspecified atom stereocenters. The molecule has 0 fully saturated rings. The van der Waals surface area contributed by atoms with Gasteiger partial charge in [0, 0.05) is 31.3 Å². The molecule has 1 heterocycles. The Kier molecular flexibility index (Phi) is 9.23. The molecular formula is C27H32ClFN2O5. The van der Waals surface area contributed by atoms with Gasteiger partial charge in [-0.2, -0.15) is 0 Å². The molecule has 0 aliphatic carbocycles. The second-order valence-corrected chi connectivity index (χ2v) is 9.67. The van der Waals surface area contributed by atoms with E-state index in [1.165, 1.54) is 28.8 Å². The largest absolute Gasteiger partial charge is 0.494 e. The number of hydrogen-bond acceptors (Lipinski definition) is 5. The number of nitrogens with zero attached hydrogens (tertiary/aromatic N) is 2. The van der Waals surface area contributed by atoms with Gasteiger partial charge < -0.3 is 20.1 Å². The molecule has 9 heteroatoms. The Morgan fingerprint density at radius 3 is 2.39 bits per heavy atom. The van der Waals surface area contributed by atoms with Crippen LogP contribution >= 0.6 is 11.6 Å². The van der Waals surface area contributed by atoms with Crippen molar-refractivity contribution in [2.24, 2.45) is 5.92 Å². The average Bonchev–Trinajstić information content (AvgIpc) is 3.12. The predicted octanol–water partition coefficient (Wildman–Crippen LogP) is 5.75. The monoisotopic (exact) mass is 518 g/mol. The van der Waals surface area contributed by atoms with Crippen LogP contribution in [0.4, 0.5) is 4.39 Å². The second kappa shape index (κ2) is 12.1. The highest BCUT2D eigenvalue weighted by molar-refractivity contribution is 6.30. The molecule has 7 nitrogen and oxygen atoms in total. The van der Waals surface area contributed by atoms with Gasteiger partial charge in [-0.25, -0.2) is 4.39 Å². The predicted molar refractivity (Wildman–Crippen MR) is 136 cm³/mol. The molecule has 36 heavy (non-hydrogen) atoms. The molecule has 0 radical (unpaired) electrons. The van der Waals surface area contributed by atoms with E-state index in [1.54, 1.807) is 6.07 Å². The zero-order chi connectivity index (χ0) is 26.4. The Morgan fingerprint density at radius 2 is 1.81 bits per heavy atom. The van der Waals surface area contributed by atoms with Gasteiger partial charge in [-0.3, -0.25) is 14.3 Å². The number of benzene rings is 2. The average molecular weight is 519 g/mol. The lowest BCUT2D eigenvalue weighted by Crippen LogP contribution is -2.33. The summed E-state index contributed by atoms with van der Waals surface area (Å²) in [6.45, 7) is 7.63. The van der Waals surface area contributed by atoms with Crippen LogP contribution in [0.5, 0.6) is 17.5 Å². The topological polar surface area (TPSA) is 95.2 Å². The molecule has 0 bridgehead atoms. The summed E-state index contributed by atoms with van der Waals surface area (Å²) in [5.74, 6) is -0.697. The maximum Gasteiger partial charge on any atom is 0.305 e. The van der Waals surface area contributed by atoms with Crippen molar-refractivity contribution in [1.82, 2.24) is 9.47 Å². The first-order valence-electron chi connectivity index (χ1n) is 11.8. The number of ether oxygens (including phenoxy) is 1. The Labute approximate surface area is 215 Å². The molecule has 0 saturated carbocycles. The zero-order valence-corrected chi connectivity index (χ0v) is 21.4. The first kappa shape index (κ1) is 27.4. The van der Waals surface area contributed by atoms with Gasteiger partial charge >= 0.3 is 5.97 Å². The van der Waals surface area contributed by atoms with E-state index in [0.717, 1.165) is 11.1 Å². The van der Waals surface area contributed by atoms with Gasteiger partial charge in [0.2, 0.25) is 0 Å². The van der Waals surface area contributed by atoms with Crippen molar-refractivity contribution in [2.75, 3.05) is 13.2 Å². The molecule has 3 aromatic rings. The molecule has 0 aliphatic heterocycles. The molecule has 2 aromatic carbocycles. The Morgan fingerprint density at radius 1 is 1.11 bits per heavy atom. The van der Waals surface area contributed by atoms with Crippen molar-refractivity contribution >= 4 is 17.6 Å². The number of aliphatic carboxylic acids is 1. The molecule has 194 valence electrons. The van der Waals surface area contributed by atoms with Gasteiger partial charge in [-0.05, 0) is 47.7 Å². The Hall–Kier alpha value is -3.23. The number of aromatic hydroxyl groups is 2. The van der Waals surface area contributed by atoms with Crippen LogP contribution in [-0.4, -0.2) is 43.9 Å². The third kappa shape index (κ3) is 7.15. The van der Waals surface area contributed by atoms with E-state index in [4.69, 9.17) is 16.3 Å². The van der Waals surface area contributed by atoms with Gasteiger partial charge in [-0.1, -0.05) is 43.6 Å². The molecule has 1 aromatic heterocycles. The minimum absolute atomic E-state index is 0.00310. The molecule has 3 rings (SSSR count). The van der Waals surface area contributed by atoms with E-state index in [1.807, 2.05) is 30.0 Å². The molecule has 1 atom stereocenters. The SMILES string of the molecule is Cc1cc(CN(CC(C)C)[C@H](CC(=O)O)c2ccc(Cl)c(F)c2)ccc1OCCn1c(O)ccc1O. The van der Waals surface area contributed by atoms with Crippen molar-refractivity contribution in [2.45, 2.75) is 46.3 Å². The fourth-order valence-electron chi connectivity index (χ4n) is 4.24. The first-order valence-corrected chi connectivity index (χ1v) is 12.1. The number of carboxylic acid groups (broad SMARTS) is 1. The highest BCUT2D eigenvalue weighted by Gasteiger charge is 2.25. The fraction of sp³-hybridized carbons (Fsp3) is 0.370. The number of carbonyl (C=O) groups is 1. The maximum atomic E-state index is 14.2. The molecule has 0 saturated heterocycles. The molecular weight excluding hydrogens is 487 g/mol. The summed E-state index contributed by atoms with van der Waals surface area (Å²) in [6.07, 6.45) is -0.174. The normalized spacial score (nSPS) is 12.3. The molecule has 3 N–H and O–H groups in total. The van der Waals surface area contributed by atoms with Crippen LogP contribution in [0, 0.1) is 18.7 Å². The number of aromatic nitrogens is 1. The summed E-state index contributed by atoms with van der Waals surface area (Å²) in [4.78, 5) is 13.8. The smallest absolute Gasteiger partial charge is 0.305 e. The Bertz CT molecular complexity index is 1180. The first-order chi connectivity index (χ1) is 17.0. The molecule has 0 aliphatic rings. The highest BCUT2D eigenvalue weighted by atomic mass is 35.5. The van der Waals surface area contributed by atoms with Gasteiger partial charge in [0.1, 0.15) is 18.2 Å². The van der Waals surface area contributed by atoms with E-state index in [0.29, 0.717) is 24.4 Å². The summed E-state index contributed by atoms with van der Waals surface area (Å²) in [5, 5.41) is 29.1. The van der Waals surface area contributed by atoms with Crippen molar-refractivity contribution in [3.63, 3.8) is 0 Å². The molecule has 0 spiro atoms. The number of carboxylic acids is 1. The second-order valence-electron chi connectivity index (χ2n) is 9.26. The summed E-state index contributed by atoms with van der Waals surface area (Å²) in [6, 6.07) is 12.5. The lowest BCUT2D eigenvalue weighted by molar-refractivity contribution is -0.138. The number of halogens is 2. The van der Waals surface area contributed by atoms with Crippen LogP contribution in [0.2, 0.25) is 5.02 Å². The third-order valence-corrected chi connectivity index (χ3v) is 6.18. The summed E-state index contributed by atoms with van der Waals surface area (Å²) in [7, 11) is 0. The van der Waals surface area contributed by atoms with Gasteiger partial charge in [0.25, 0.3) is 0 Å². The quantitative estimate of drug-likeness (QED) is 0.282. The van der Waals surface area contributed by atoms with Crippen LogP contribution < -0.4 is 4.74 Å². The van der Waals surface area contributed by atoms with Crippen molar-refractivity contribution in [3.05, 3.63) is 76.1 Å². The van der Waals surface area contributed by atoms with Gasteiger partial charge in [0.15, 0.2) is 11.8 Å². The van der Waals surface area contributed by atoms with Crippen molar-refractivity contribution in [3.8, 4) is 17.5 Å². The minimum Gasteiger partial charge on any atom is -0.494 e. The van der Waals surface area contributed by atoms with Crippen molar-refractivity contribution in [1.29, 1.82) is 0 Å². The summed E-state index contributed by atoms with van der Waals surface area (Å²) >= 11 is 5.85. The number of hydrogen-bond donors (Lipinski definition) is 3. The Balaban J connectivity index is 1.78. The number of rotatable bonds is 12. The fourth-order valence-corrected chi connectivity index (χ4v) is 4.36. The molecule has 0 amide bonds. The van der Waals surface area contributed by atoms with Crippen LogP contribution in [0.15, 0.2) is 48.5 Å². The van der Waals surface area contributed by atoms with Gasteiger partial charge in [-0.15, -0.1) is 0 Å². The van der Waals surface area contributed by atoms with Crippen LogP contribution in [0.25, 0.3) is 0 Å². The third-order valence-electron chi connectivity index (χ3n) is 5.87. The van der Waals surface area contributed by atoms with Crippen LogP contribution in [-0.2, 0) is 17.9 Å². The highest BCUT2D eigenvalue weighted by Crippen LogP contribution is 2.31. The van der Waals surface area contributed by atoms with E-state index in [9.17, 15) is 24.5 Å². The maximum absolute atomic E-state index is 14.2. The van der Waals surface area contributed by atoms with E-state index in [2.05, 4.69) is 13.8 Å².